The highest BCUT2D eigenvalue weighted by atomic mass is 16.3. The van der Waals surface area contributed by atoms with Gasteiger partial charge < -0.3 is 60.5 Å². The lowest BCUT2D eigenvalue weighted by atomic mass is 9.89. The van der Waals surface area contributed by atoms with E-state index in [1.54, 1.807) is 24.3 Å². The summed E-state index contributed by atoms with van der Waals surface area (Å²) in [6, 6.07) is 48.0. The molecule has 16 heteroatoms. The first-order valence-electron chi connectivity index (χ1n) is 44.6. The molecular formula is C110H168N8O8. The van der Waals surface area contributed by atoms with E-state index >= 15 is 0 Å². The summed E-state index contributed by atoms with van der Waals surface area (Å²) in [5.74, 6) is 2.93. The Kier molecular flexibility index (Phi) is 48.3. The maximum absolute atomic E-state index is 10.5. The van der Waals surface area contributed by atoms with Gasteiger partial charge in [-0.05, 0) is 398 Å². The molecule has 0 spiro atoms. The van der Waals surface area contributed by atoms with E-state index in [1.165, 1.54) is 118 Å². The summed E-state index contributed by atoms with van der Waals surface area (Å²) in [4.78, 5) is 18.0. The minimum atomic E-state index is 0. The number of allylic oxidation sites excluding steroid dienone is 8. The highest BCUT2D eigenvalue weighted by Gasteiger charge is 2.24. The molecule has 4 saturated heterocycles. The van der Waals surface area contributed by atoms with Crippen LogP contribution in [0.1, 0.15) is 292 Å². The van der Waals surface area contributed by atoms with Crippen LogP contribution in [0, 0.1) is 0 Å². The lowest BCUT2D eigenvalue weighted by Crippen LogP contribution is -2.18. The Hall–Kier alpha value is -9.20. The van der Waals surface area contributed by atoms with Crippen molar-refractivity contribution in [1.29, 1.82) is 0 Å². The van der Waals surface area contributed by atoms with Gasteiger partial charge in [0.25, 0.3) is 0 Å². The van der Waals surface area contributed by atoms with E-state index in [0.717, 1.165) is 197 Å². The van der Waals surface area contributed by atoms with Crippen LogP contribution in [0.5, 0.6) is 46.0 Å². The zero-order chi connectivity index (χ0) is 86.7. The molecule has 4 fully saturated rings. The molecular weight excluding hydrogens is 1560 g/mol. The van der Waals surface area contributed by atoms with Crippen LogP contribution in [0.25, 0.3) is 44.6 Å². The second-order valence-electron chi connectivity index (χ2n) is 34.3. The molecule has 126 heavy (non-hydrogen) atoms. The quantitative estimate of drug-likeness (QED) is 0.0186. The maximum Gasteiger partial charge on any atom is 0.120 e. The highest BCUT2D eigenvalue weighted by molar-refractivity contribution is 5.94. The van der Waals surface area contributed by atoms with Gasteiger partial charge >= 0.3 is 0 Å². The maximum atomic E-state index is 10.5. The van der Waals surface area contributed by atoms with Crippen molar-refractivity contribution in [3.05, 3.63) is 235 Å². The molecule has 8 N–H and O–H groups in total. The van der Waals surface area contributed by atoms with Crippen molar-refractivity contribution < 1.29 is 40.9 Å². The van der Waals surface area contributed by atoms with Crippen molar-refractivity contribution in [2.75, 3.05) is 109 Å². The van der Waals surface area contributed by atoms with Crippen LogP contribution in [0.15, 0.2) is 146 Å². The standard InChI is InChI=1S/2C28H38N2O2.2C24H34N2O2.6CH4/c2*1-3-25(21-9-11-27(31)23(17-21)19-29-13-5-6-14-29)26(4-2)22-10-12-28(32)24(18-22)20-30-15-7-8-16-30;2*1-7-21(17-9-11-23(27)19(13-17)15-25(3)4)22(8-2)18-10-12-24(28)20(14-18)16-26(5)6;;;;;;/h2*9-12,17-18,31-32H,3-8,13-16,19-20H2,1-2H3;2*9-14,27-28H,7-8,15-16H2,1-6H3;6*1H4/b26-25+;26-25-;22-21+;22-21-;;;;;;. The van der Waals surface area contributed by atoms with E-state index in [0.29, 0.717) is 72.2 Å². The number of benzene rings is 8. The smallest absolute Gasteiger partial charge is 0.120 e. The van der Waals surface area contributed by atoms with Gasteiger partial charge in [0, 0.05) is 96.9 Å². The summed E-state index contributed by atoms with van der Waals surface area (Å²) in [5.41, 5.74) is 27.6. The molecule has 4 aliphatic rings. The summed E-state index contributed by atoms with van der Waals surface area (Å²) >= 11 is 0. The molecule has 0 radical (unpaired) electrons. The Bertz CT molecular complexity index is 4180. The fourth-order valence-electron chi connectivity index (χ4n) is 18.0. The number of aromatic hydroxyl groups is 8. The van der Waals surface area contributed by atoms with Crippen LogP contribution >= 0.6 is 0 Å². The molecule has 0 atom stereocenters. The summed E-state index contributed by atoms with van der Waals surface area (Å²) in [6.07, 6.45) is 17.3. The van der Waals surface area contributed by atoms with Crippen LogP contribution in [0.4, 0.5) is 0 Å². The third-order valence-corrected chi connectivity index (χ3v) is 24.0. The lowest BCUT2D eigenvalue weighted by molar-refractivity contribution is 0.324. The van der Waals surface area contributed by atoms with E-state index in [9.17, 15) is 40.9 Å². The normalized spacial score (nSPS) is 14.9. The Morgan fingerprint density at radius 1 is 0.206 bits per heavy atom. The van der Waals surface area contributed by atoms with Crippen molar-refractivity contribution >= 4 is 44.6 Å². The Balaban J connectivity index is 0.000000428. The van der Waals surface area contributed by atoms with Crippen molar-refractivity contribution in [2.45, 2.75) is 255 Å². The fraction of sp³-hybridized carbons (Fsp3) is 0.491. The fourth-order valence-corrected chi connectivity index (χ4v) is 18.0. The van der Waals surface area contributed by atoms with Crippen molar-refractivity contribution in [3.63, 3.8) is 0 Å². The minimum absolute atomic E-state index is 0. The molecule has 4 heterocycles. The van der Waals surface area contributed by atoms with Crippen molar-refractivity contribution in [2.24, 2.45) is 0 Å². The summed E-state index contributed by atoms with van der Waals surface area (Å²) in [5, 5.41) is 82.9. The third kappa shape index (κ3) is 31.1. The van der Waals surface area contributed by atoms with Crippen LogP contribution in [-0.4, -0.2) is 189 Å². The molecule has 696 valence electrons. The predicted octanol–water partition coefficient (Wildman–Crippen LogP) is 25.8. The first-order chi connectivity index (χ1) is 57.7. The molecule has 12 rings (SSSR count). The molecule has 0 amide bonds. The molecule has 0 bridgehead atoms. The number of hydrogen-bond acceptors (Lipinski definition) is 16. The van der Waals surface area contributed by atoms with E-state index in [2.05, 4.69) is 167 Å². The zero-order valence-electron chi connectivity index (χ0n) is 75.6. The van der Waals surface area contributed by atoms with Crippen molar-refractivity contribution in [3.8, 4) is 46.0 Å². The van der Waals surface area contributed by atoms with Gasteiger partial charge in [-0.25, -0.2) is 0 Å². The predicted molar refractivity (Wildman–Crippen MR) is 542 cm³/mol. The van der Waals surface area contributed by atoms with E-state index in [-0.39, 0.29) is 44.6 Å². The van der Waals surface area contributed by atoms with Crippen LogP contribution in [0.3, 0.4) is 0 Å². The molecule has 0 aliphatic carbocycles. The topological polar surface area (TPSA) is 188 Å². The Morgan fingerprint density at radius 2 is 0.325 bits per heavy atom. The largest absolute Gasteiger partial charge is 0.508 e. The Labute approximate surface area is 764 Å². The van der Waals surface area contributed by atoms with Crippen LogP contribution in [-0.2, 0) is 52.4 Å². The molecule has 8 aromatic carbocycles. The zero-order valence-corrected chi connectivity index (χ0v) is 75.6. The second kappa shape index (κ2) is 54.9. The molecule has 16 nitrogen and oxygen atoms in total. The molecule has 8 aromatic rings. The number of likely N-dealkylation sites (tertiary alicyclic amines) is 4. The number of phenols is 8. The van der Waals surface area contributed by atoms with Crippen LogP contribution < -0.4 is 0 Å². The molecule has 0 unspecified atom stereocenters. The van der Waals surface area contributed by atoms with Crippen LogP contribution in [0.2, 0.25) is 0 Å². The molecule has 4 aliphatic heterocycles. The summed E-state index contributed by atoms with van der Waals surface area (Å²) in [7, 11) is 16.0. The Morgan fingerprint density at radius 3 is 0.444 bits per heavy atom. The van der Waals surface area contributed by atoms with Gasteiger partial charge in [-0.3, -0.25) is 19.6 Å². The lowest BCUT2D eigenvalue weighted by Gasteiger charge is -2.20. The second-order valence-corrected chi connectivity index (χ2v) is 34.3. The molecule has 0 aromatic heterocycles. The first kappa shape index (κ1) is 111. The van der Waals surface area contributed by atoms with E-state index < -0.39 is 0 Å². The average Bonchev–Trinajstić information content (AvgIpc) is 1.21. The van der Waals surface area contributed by atoms with Gasteiger partial charge in [0.05, 0.1) is 0 Å². The average molecular weight is 1730 g/mol. The highest BCUT2D eigenvalue weighted by Crippen LogP contribution is 2.42. The summed E-state index contributed by atoms with van der Waals surface area (Å²) in [6.45, 7) is 32.5. The van der Waals surface area contributed by atoms with Crippen molar-refractivity contribution in [1.82, 2.24) is 39.2 Å². The van der Waals surface area contributed by atoms with Gasteiger partial charge in [-0.15, -0.1) is 0 Å². The number of hydrogen-bond donors (Lipinski definition) is 8. The number of rotatable bonds is 32. The van der Waals surface area contributed by atoms with E-state index in [4.69, 9.17) is 0 Å². The van der Waals surface area contributed by atoms with Gasteiger partial charge in [0.15, 0.2) is 0 Å². The van der Waals surface area contributed by atoms with Gasteiger partial charge in [0.2, 0.25) is 0 Å². The van der Waals surface area contributed by atoms with Gasteiger partial charge in [-0.1, -0.05) is 148 Å². The van der Waals surface area contributed by atoms with Gasteiger partial charge in [-0.2, -0.15) is 0 Å². The monoisotopic (exact) mass is 1730 g/mol. The first-order valence-corrected chi connectivity index (χ1v) is 44.6. The SMILES string of the molecule is C.C.C.C.C.C.CC/C(=C(/CC)c1ccc(O)c(CN(C)C)c1)c1ccc(O)c(CN(C)C)c1.CC/C(=C(/CC)c1ccc(O)c(CN2CCCC2)c1)c1ccc(O)c(CN2CCCC2)c1.CC/C(=C(\CC)c1ccc(O)c(CN(C)C)c1)c1ccc(O)c(CN(C)C)c1.CC/C(=C(\CC)c1ccc(O)c(CN2CCCC2)c1)c1ccc(O)c(CN2CCCC2)c1. The number of nitrogens with zero attached hydrogens (tertiary/aromatic N) is 8. The van der Waals surface area contributed by atoms with Gasteiger partial charge in [0.1, 0.15) is 46.0 Å². The summed E-state index contributed by atoms with van der Waals surface area (Å²) < 4.78 is 0. The molecule has 0 saturated carbocycles. The number of phenolic OH excluding ortho intramolecular Hbond substituents is 8. The third-order valence-electron chi connectivity index (χ3n) is 24.0. The minimum Gasteiger partial charge on any atom is -0.508 e. The van der Waals surface area contributed by atoms with E-state index in [1.807, 2.05) is 105 Å².